The van der Waals surface area contributed by atoms with Crippen LogP contribution < -0.4 is 10.5 Å². The van der Waals surface area contributed by atoms with Crippen LogP contribution in [0.2, 0.25) is 0 Å². The first-order valence-corrected chi connectivity index (χ1v) is 6.96. The first-order chi connectivity index (χ1) is 10.2. The van der Waals surface area contributed by atoms with E-state index in [1.54, 1.807) is 7.11 Å². The Bertz CT molecular complexity index is 796. The van der Waals surface area contributed by atoms with Crippen molar-refractivity contribution in [2.45, 2.75) is 13.5 Å². The number of aryl methyl sites for hydroxylation is 1. The van der Waals surface area contributed by atoms with Crippen molar-refractivity contribution in [3.8, 4) is 16.9 Å². The minimum Gasteiger partial charge on any atom is -0.497 e. The lowest BCUT2D eigenvalue weighted by Crippen LogP contribution is -2.01. The molecule has 106 valence electrons. The summed E-state index contributed by atoms with van der Waals surface area (Å²) in [6, 6.07) is 14.3. The molecule has 1 heterocycles. The van der Waals surface area contributed by atoms with Gasteiger partial charge in [0.15, 0.2) is 0 Å². The molecule has 0 bridgehead atoms. The normalized spacial score (nSPS) is 10.8. The van der Waals surface area contributed by atoms with E-state index in [1.807, 2.05) is 30.5 Å². The van der Waals surface area contributed by atoms with Crippen molar-refractivity contribution in [2.75, 3.05) is 7.11 Å². The van der Waals surface area contributed by atoms with Gasteiger partial charge in [0.05, 0.1) is 12.8 Å². The summed E-state index contributed by atoms with van der Waals surface area (Å²) in [6.45, 7) is 2.56. The number of rotatable bonds is 3. The number of aromatic nitrogens is 1. The van der Waals surface area contributed by atoms with Gasteiger partial charge in [-0.15, -0.1) is 0 Å². The largest absolute Gasteiger partial charge is 0.497 e. The molecular formula is C18H18N2O. The van der Waals surface area contributed by atoms with E-state index < -0.39 is 0 Å². The highest BCUT2D eigenvalue weighted by Crippen LogP contribution is 2.33. The van der Waals surface area contributed by atoms with Crippen LogP contribution in [-0.4, -0.2) is 12.1 Å². The number of nitrogens with two attached hydrogens (primary N) is 1. The molecule has 0 aliphatic carbocycles. The standard InChI is InChI=1S/C18H18N2O/c1-12-5-3-8-15-17(10-19)20-11-16(18(12)15)13-6-4-7-14(9-13)21-2/h3-9,11H,10,19H2,1-2H3. The average Bonchev–Trinajstić information content (AvgIpc) is 2.54. The van der Waals surface area contributed by atoms with Crippen LogP contribution in [-0.2, 0) is 6.54 Å². The molecule has 3 aromatic rings. The summed E-state index contributed by atoms with van der Waals surface area (Å²) in [7, 11) is 1.68. The summed E-state index contributed by atoms with van der Waals surface area (Å²) in [4.78, 5) is 4.53. The Hall–Kier alpha value is -2.39. The second-order valence-electron chi connectivity index (χ2n) is 5.05. The minimum absolute atomic E-state index is 0.443. The van der Waals surface area contributed by atoms with Crippen molar-refractivity contribution < 1.29 is 4.74 Å². The van der Waals surface area contributed by atoms with Gasteiger partial charge >= 0.3 is 0 Å². The SMILES string of the molecule is COc1cccc(-c2cnc(CN)c3cccc(C)c23)c1. The van der Waals surface area contributed by atoms with E-state index in [9.17, 15) is 0 Å². The van der Waals surface area contributed by atoms with Crippen LogP contribution in [0.15, 0.2) is 48.7 Å². The van der Waals surface area contributed by atoms with Crippen LogP contribution in [0.3, 0.4) is 0 Å². The third-order valence-corrected chi connectivity index (χ3v) is 3.78. The second kappa shape index (κ2) is 5.54. The molecule has 0 amide bonds. The molecule has 2 N–H and O–H groups in total. The maximum Gasteiger partial charge on any atom is 0.119 e. The topological polar surface area (TPSA) is 48.1 Å². The first-order valence-electron chi connectivity index (χ1n) is 6.96. The van der Waals surface area contributed by atoms with E-state index in [-0.39, 0.29) is 0 Å². The molecule has 0 aliphatic heterocycles. The van der Waals surface area contributed by atoms with Crippen LogP contribution in [0.25, 0.3) is 21.9 Å². The van der Waals surface area contributed by atoms with Gasteiger partial charge in [-0.05, 0) is 35.6 Å². The lowest BCUT2D eigenvalue weighted by atomic mass is 9.95. The zero-order valence-corrected chi connectivity index (χ0v) is 12.3. The lowest BCUT2D eigenvalue weighted by molar-refractivity contribution is 0.415. The molecular weight excluding hydrogens is 260 g/mol. The molecule has 0 spiro atoms. The zero-order valence-electron chi connectivity index (χ0n) is 12.3. The number of hydrogen-bond acceptors (Lipinski definition) is 3. The number of ether oxygens (including phenoxy) is 1. The smallest absolute Gasteiger partial charge is 0.119 e. The molecule has 1 aromatic heterocycles. The third-order valence-electron chi connectivity index (χ3n) is 3.78. The van der Waals surface area contributed by atoms with E-state index in [0.29, 0.717) is 6.54 Å². The van der Waals surface area contributed by atoms with Crippen molar-refractivity contribution in [3.63, 3.8) is 0 Å². The summed E-state index contributed by atoms with van der Waals surface area (Å²) in [5, 5.41) is 2.33. The molecule has 2 aromatic carbocycles. The van der Waals surface area contributed by atoms with E-state index in [2.05, 4.69) is 30.1 Å². The van der Waals surface area contributed by atoms with Gasteiger partial charge in [-0.3, -0.25) is 4.98 Å². The van der Waals surface area contributed by atoms with Crippen molar-refractivity contribution in [2.24, 2.45) is 5.73 Å². The fourth-order valence-corrected chi connectivity index (χ4v) is 2.71. The molecule has 21 heavy (non-hydrogen) atoms. The highest BCUT2D eigenvalue weighted by molar-refractivity contribution is 5.99. The summed E-state index contributed by atoms with van der Waals surface area (Å²) >= 11 is 0. The quantitative estimate of drug-likeness (QED) is 0.795. The second-order valence-corrected chi connectivity index (χ2v) is 5.05. The van der Waals surface area contributed by atoms with Crippen molar-refractivity contribution in [1.82, 2.24) is 4.98 Å². The number of nitrogens with zero attached hydrogens (tertiary/aromatic N) is 1. The van der Waals surface area contributed by atoms with Gasteiger partial charge in [-0.1, -0.05) is 30.3 Å². The Morgan fingerprint density at radius 1 is 1.14 bits per heavy atom. The Morgan fingerprint density at radius 3 is 2.71 bits per heavy atom. The summed E-state index contributed by atoms with van der Waals surface area (Å²) in [6.07, 6.45) is 1.91. The zero-order chi connectivity index (χ0) is 14.8. The molecule has 0 unspecified atom stereocenters. The van der Waals surface area contributed by atoms with E-state index in [0.717, 1.165) is 28.0 Å². The highest BCUT2D eigenvalue weighted by Gasteiger charge is 2.11. The van der Waals surface area contributed by atoms with Crippen LogP contribution in [0.4, 0.5) is 0 Å². The number of methoxy groups -OCH3 is 1. The number of hydrogen-bond donors (Lipinski definition) is 1. The highest BCUT2D eigenvalue weighted by atomic mass is 16.5. The van der Waals surface area contributed by atoms with Crippen molar-refractivity contribution in [1.29, 1.82) is 0 Å². The number of fused-ring (bicyclic) bond motifs is 1. The van der Waals surface area contributed by atoms with Gasteiger partial charge in [0, 0.05) is 23.7 Å². The summed E-state index contributed by atoms with van der Waals surface area (Å²) in [5.41, 5.74) is 10.2. The maximum atomic E-state index is 5.82. The minimum atomic E-state index is 0.443. The molecule has 0 saturated carbocycles. The number of benzene rings is 2. The van der Waals surface area contributed by atoms with Crippen LogP contribution in [0.5, 0.6) is 5.75 Å². The van der Waals surface area contributed by atoms with E-state index in [4.69, 9.17) is 10.5 Å². The monoisotopic (exact) mass is 278 g/mol. The molecule has 0 atom stereocenters. The predicted molar refractivity (Wildman–Crippen MR) is 86.4 cm³/mol. The predicted octanol–water partition coefficient (Wildman–Crippen LogP) is 3.68. The van der Waals surface area contributed by atoms with Gasteiger partial charge in [-0.2, -0.15) is 0 Å². The Balaban J connectivity index is 2.32. The molecule has 0 aliphatic rings. The van der Waals surface area contributed by atoms with Crippen molar-refractivity contribution >= 4 is 10.8 Å². The van der Waals surface area contributed by atoms with Gasteiger partial charge in [-0.25, -0.2) is 0 Å². The summed E-state index contributed by atoms with van der Waals surface area (Å²) < 4.78 is 5.32. The molecule has 3 nitrogen and oxygen atoms in total. The fourth-order valence-electron chi connectivity index (χ4n) is 2.71. The fraction of sp³-hybridized carbons (Fsp3) is 0.167. The van der Waals surface area contributed by atoms with Gasteiger partial charge in [0.25, 0.3) is 0 Å². The van der Waals surface area contributed by atoms with Gasteiger partial charge in [0.2, 0.25) is 0 Å². The average molecular weight is 278 g/mol. The molecule has 0 saturated heterocycles. The first kappa shape index (κ1) is 13.6. The number of pyridine rings is 1. The maximum absolute atomic E-state index is 5.82. The Labute approximate surface area is 124 Å². The molecule has 3 heteroatoms. The Morgan fingerprint density at radius 2 is 1.95 bits per heavy atom. The van der Waals surface area contributed by atoms with Crippen LogP contribution in [0, 0.1) is 6.92 Å². The molecule has 3 rings (SSSR count). The molecule has 0 radical (unpaired) electrons. The van der Waals surface area contributed by atoms with E-state index in [1.165, 1.54) is 10.9 Å². The lowest BCUT2D eigenvalue weighted by Gasteiger charge is -2.12. The van der Waals surface area contributed by atoms with E-state index >= 15 is 0 Å². The summed E-state index contributed by atoms with van der Waals surface area (Å²) in [5.74, 6) is 0.845. The van der Waals surface area contributed by atoms with Gasteiger partial charge in [0.1, 0.15) is 5.75 Å². The Kier molecular flexibility index (Phi) is 3.59. The third kappa shape index (κ3) is 2.36. The van der Waals surface area contributed by atoms with Crippen molar-refractivity contribution in [3.05, 3.63) is 59.9 Å². The van der Waals surface area contributed by atoms with Crippen LogP contribution >= 0.6 is 0 Å². The van der Waals surface area contributed by atoms with Crippen LogP contribution in [0.1, 0.15) is 11.3 Å². The van der Waals surface area contributed by atoms with Gasteiger partial charge < -0.3 is 10.5 Å². The molecule has 0 fully saturated rings.